The summed E-state index contributed by atoms with van der Waals surface area (Å²) in [6, 6.07) is 0.120. The van der Waals surface area contributed by atoms with E-state index in [-0.39, 0.29) is 12.1 Å². The van der Waals surface area contributed by atoms with Gasteiger partial charge in [0.1, 0.15) is 0 Å². The molecule has 138 valence electrons. The highest BCUT2D eigenvalue weighted by Crippen LogP contribution is 2.39. The fourth-order valence-corrected chi connectivity index (χ4v) is 4.14. The maximum absolute atomic E-state index is 13.0. The molecule has 1 aliphatic carbocycles. The lowest BCUT2D eigenvalue weighted by Gasteiger charge is -2.41. The van der Waals surface area contributed by atoms with Crippen LogP contribution in [0.15, 0.2) is 6.20 Å². The van der Waals surface area contributed by atoms with Gasteiger partial charge in [-0.3, -0.25) is 4.68 Å². The Morgan fingerprint density at radius 2 is 2.00 bits per heavy atom. The van der Waals surface area contributed by atoms with E-state index < -0.39 is 0 Å². The molecule has 1 saturated carbocycles. The predicted octanol–water partition coefficient (Wildman–Crippen LogP) is 2.35. The van der Waals surface area contributed by atoms with E-state index >= 15 is 0 Å². The number of carbonyl (C=O) groups excluding carboxylic acids is 1. The molecule has 1 aromatic heterocycles. The maximum Gasteiger partial charge on any atom is 0.322 e. The topological polar surface area (TPSA) is 68.6 Å². The molecule has 3 heterocycles. The molecule has 1 aromatic rings. The number of morpholine rings is 1. The van der Waals surface area contributed by atoms with Crippen LogP contribution < -0.4 is 5.32 Å². The Kier molecular flexibility index (Phi) is 4.94. The van der Waals surface area contributed by atoms with Gasteiger partial charge in [-0.2, -0.15) is 5.10 Å². The van der Waals surface area contributed by atoms with Crippen molar-refractivity contribution in [2.24, 2.45) is 13.0 Å². The Morgan fingerprint density at radius 1 is 1.20 bits per heavy atom. The number of anilines is 1. The Hall–Kier alpha value is -1.60. The van der Waals surface area contributed by atoms with Gasteiger partial charge in [-0.25, -0.2) is 4.79 Å². The normalized spacial score (nSPS) is 25.6. The summed E-state index contributed by atoms with van der Waals surface area (Å²) in [5, 5.41) is 7.72. The summed E-state index contributed by atoms with van der Waals surface area (Å²) in [5.74, 6) is 0.951. The van der Waals surface area contributed by atoms with Gasteiger partial charge in [0.2, 0.25) is 0 Å². The third-order valence-corrected chi connectivity index (χ3v) is 5.83. The lowest BCUT2D eigenvalue weighted by atomic mass is 9.82. The van der Waals surface area contributed by atoms with Gasteiger partial charge in [-0.05, 0) is 31.6 Å². The van der Waals surface area contributed by atoms with Crippen LogP contribution in [0.5, 0.6) is 0 Å². The van der Waals surface area contributed by atoms with E-state index in [0.29, 0.717) is 31.6 Å². The van der Waals surface area contributed by atoms with E-state index in [2.05, 4.69) is 10.4 Å². The highest BCUT2D eigenvalue weighted by atomic mass is 16.5. The van der Waals surface area contributed by atoms with E-state index in [0.717, 1.165) is 37.4 Å². The number of nitrogens with zero attached hydrogens (tertiary/aromatic N) is 3. The molecule has 7 heteroatoms. The molecular weight excluding hydrogens is 320 g/mol. The third-order valence-electron chi connectivity index (χ3n) is 5.83. The van der Waals surface area contributed by atoms with Crippen LogP contribution in [0.1, 0.15) is 43.7 Å². The molecular formula is C18H28N4O3. The van der Waals surface area contributed by atoms with E-state index in [9.17, 15) is 4.79 Å². The fraction of sp³-hybridized carbons (Fsp3) is 0.778. The van der Waals surface area contributed by atoms with E-state index in [4.69, 9.17) is 9.47 Å². The SMILES string of the molecule is Cn1cc(NC(=O)N2CCOCC2C2CCOCC2)c(C2CCC2)n1. The zero-order valence-electron chi connectivity index (χ0n) is 14.9. The number of nitrogens with one attached hydrogen (secondary N) is 1. The minimum atomic E-state index is -0.0200. The summed E-state index contributed by atoms with van der Waals surface area (Å²) in [6.45, 7) is 3.44. The van der Waals surface area contributed by atoms with Crippen LogP contribution in [0.2, 0.25) is 0 Å². The Bertz CT molecular complexity index is 607. The molecule has 0 bridgehead atoms. The molecule has 7 nitrogen and oxygen atoms in total. The van der Waals surface area contributed by atoms with Crippen LogP contribution in [0.3, 0.4) is 0 Å². The standard InChI is InChI=1S/C18H28N4O3/c1-21-11-15(17(20-21)14-3-2-4-14)19-18(23)22-7-10-25-12-16(22)13-5-8-24-9-6-13/h11,13-14,16H,2-10,12H2,1H3,(H,19,23). The first kappa shape index (κ1) is 16.8. The van der Waals surface area contributed by atoms with Gasteiger partial charge in [-0.15, -0.1) is 0 Å². The summed E-state index contributed by atoms with van der Waals surface area (Å²) >= 11 is 0. The van der Waals surface area contributed by atoms with E-state index in [1.54, 1.807) is 4.68 Å². The highest BCUT2D eigenvalue weighted by molar-refractivity contribution is 5.90. The Labute approximate surface area is 148 Å². The second-order valence-corrected chi connectivity index (χ2v) is 7.45. The molecule has 0 radical (unpaired) electrons. The molecule has 3 aliphatic rings. The van der Waals surface area contributed by atoms with Gasteiger partial charge in [0.15, 0.2) is 0 Å². The smallest absolute Gasteiger partial charge is 0.322 e. The molecule has 0 aromatic carbocycles. The lowest BCUT2D eigenvalue weighted by Crippen LogP contribution is -2.54. The quantitative estimate of drug-likeness (QED) is 0.910. The largest absolute Gasteiger partial charge is 0.381 e. The first-order chi connectivity index (χ1) is 12.2. The fourth-order valence-electron chi connectivity index (χ4n) is 4.14. The first-order valence-corrected chi connectivity index (χ1v) is 9.49. The van der Waals surface area contributed by atoms with Crippen molar-refractivity contribution in [3.63, 3.8) is 0 Å². The van der Waals surface area contributed by atoms with Gasteiger partial charge in [0, 0.05) is 38.9 Å². The number of amides is 2. The van der Waals surface area contributed by atoms with Gasteiger partial charge in [-0.1, -0.05) is 6.42 Å². The van der Waals surface area contributed by atoms with Gasteiger partial charge < -0.3 is 19.7 Å². The molecule has 4 rings (SSSR count). The van der Waals surface area contributed by atoms with Crippen molar-refractivity contribution >= 4 is 11.7 Å². The van der Waals surface area contributed by atoms with Crippen LogP contribution in [0.25, 0.3) is 0 Å². The van der Waals surface area contributed by atoms with Crippen LogP contribution in [-0.2, 0) is 16.5 Å². The molecule has 2 amide bonds. The van der Waals surface area contributed by atoms with Crippen molar-refractivity contribution in [1.29, 1.82) is 0 Å². The number of carbonyl (C=O) groups is 1. The van der Waals surface area contributed by atoms with Gasteiger partial charge in [0.25, 0.3) is 0 Å². The molecule has 1 unspecified atom stereocenters. The second-order valence-electron chi connectivity index (χ2n) is 7.45. The average Bonchev–Trinajstić information content (AvgIpc) is 2.94. The highest BCUT2D eigenvalue weighted by Gasteiger charge is 2.35. The number of aryl methyl sites for hydroxylation is 1. The zero-order valence-corrected chi connectivity index (χ0v) is 14.9. The van der Waals surface area contributed by atoms with Crippen LogP contribution in [-0.4, -0.2) is 59.7 Å². The molecule has 0 spiro atoms. The van der Waals surface area contributed by atoms with Gasteiger partial charge in [0.05, 0.1) is 30.6 Å². The zero-order chi connectivity index (χ0) is 17.2. The van der Waals surface area contributed by atoms with Crippen molar-refractivity contribution in [3.05, 3.63) is 11.9 Å². The maximum atomic E-state index is 13.0. The summed E-state index contributed by atoms with van der Waals surface area (Å²) in [5.41, 5.74) is 1.91. The number of hydrogen-bond donors (Lipinski definition) is 1. The van der Waals surface area contributed by atoms with Gasteiger partial charge >= 0.3 is 6.03 Å². The molecule has 25 heavy (non-hydrogen) atoms. The van der Waals surface area contributed by atoms with Crippen LogP contribution >= 0.6 is 0 Å². The average molecular weight is 348 g/mol. The Balaban J connectivity index is 1.47. The predicted molar refractivity (Wildman–Crippen MR) is 93.7 cm³/mol. The monoisotopic (exact) mass is 348 g/mol. The number of ether oxygens (including phenoxy) is 2. The number of urea groups is 1. The van der Waals surface area contributed by atoms with Crippen molar-refractivity contribution in [1.82, 2.24) is 14.7 Å². The molecule has 1 N–H and O–H groups in total. The van der Waals surface area contributed by atoms with E-state index in [1.165, 1.54) is 19.3 Å². The van der Waals surface area contributed by atoms with Crippen molar-refractivity contribution in [2.45, 2.75) is 44.1 Å². The molecule has 1 atom stereocenters. The Morgan fingerprint density at radius 3 is 2.72 bits per heavy atom. The van der Waals surface area contributed by atoms with Crippen LogP contribution in [0.4, 0.5) is 10.5 Å². The second kappa shape index (κ2) is 7.33. The first-order valence-electron chi connectivity index (χ1n) is 9.49. The molecule has 2 aliphatic heterocycles. The van der Waals surface area contributed by atoms with Crippen molar-refractivity contribution in [2.75, 3.05) is 38.3 Å². The van der Waals surface area contributed by atoms with E-state index in [1.807, 2.05) is 18.1 Å². The summed E-state index contributed by atoms with van der Waals surface area (Å²) in [7, 11) is 1.91. The summed E-state index contributed by atoms with van der Waals surface area (Å²) in [4.78, 5) is 15.0. The lowest BCUT2D eigenvalue weighted by molar-refractivity contribution is -0.0345. The van der Waals surface area contributed by atoms with Crippen molar-refractivity contribution < 1.29 is 14.3 Å². The molecule has 3 fully saturated rings. The van der Waals surface area contributed by atoms with Crippen molar-refractivity contribution in [3.8, 4) is 0 Å². The summed E-state index contributed by atoms with van der Waals surface area (Å²) in [6.07, 6.45) is 7.51. The minimum absolute atomic E-state index is 0.0200. The number of hydrogen-bond acceptors (Lipinski definition) is 4. The molecule has 2 saturated heterocycles. The number of aromatic nitrogens is 2. The minimum Gasteiger partial charge on any atom is -0.381 e. The number of rotatable bonds is 3. The summed E-state index contributed by atoms with van der Waals surface area (Å²) < 4.78 is 13.0. The third kappa shape index (κ3) is 3.53. The van der Waals surface area contributed by atoms with Crippen LogP contribution in [0, 0.1) is 5.92 Å².